The molecular weight excluding hydrogens is 214 g/mol. The van der Waals surface area contributed by atoms with E-state index in [1.807, 2.05) is 29.2 Å². The molecule has 2 rings (SSSR count). The van der Waals surface area contributed by atoms with Gasteiger partial charge in [0.15, 0.2) is 0 Å². The van der Waals surface area contributed by atoms with Crippen LogP contribution in [0.3, 0.4) is 0 Å². The van der Waals surface area contributed by atoms with Crippen LogP contribution in [0.5, 0.6) is 5.75 Å². The smallest absolute Gasteiger partial charge is 0.253 e. The molecular formula is C14H19NO2. The van der Waals surface area contributed by atoms with Gasteiger partial charge in [0.25, 0.3) is 5.91 Å². The van der Waals surface area contributed by atoms with Crippen LogP contribution in [0.25, 0.3) is 0 Å². The fourth-order valence-electron chi connectivity index (χ4n) is 2.04. The van der Waals surface area contributed by atoms with Crippen LogP contribution in [0.2, 0.25) is 0 Å². The summed E-state index contributed by atoms with van der Waals surface area (Å²) in [4.78, 5) is 14.1. The monoisotopic (exact) mass is 233 g/mol. The lowest BCUT2D eigenvalue weighted by molar-refractivity contribution is 0.0792. The number of benzene rings is 1. The van der Waals surface area contributed by atoms with Crippen LogP contribution in [0.15, 0.2) is 24.3 Å². The van der Waals surface area contributed by atoms with Crippen molar-refractivity contribution in [2.24, 2.45) is 0 Å². The molecule has 0 radical (unpaired) electrons. The van der Waals surface area contributed by atoms with Crippen LogP contribution in [-0.4, -0.2) is 30.5 Å². The van der Waals surface area contributed by atoms with Crippen molar-refractivity contribution in [2.75, 3.05) is 19.7 Å². The van der Waals surface area contributed by atoms with Gasteiger partial charge in [-0.15, -0.1) is 0 Å². The first-order chi connectivity index (χ1) is 8.31. The lowest BCUT2D eigenvalue weighted by atomic mass is 10.2. The maximum Gasteiger partial charge on any atom is 0.253 e. The molecule has 0 saturated carbocycles. The quantitative estimate of drug-likeness (QED) is 0.800. The van der Waals surface area contributed by atoms with Crippen molar-refractivity contribution in [3.8, 4) is 5.75 Å². The summed E-state index contributed by atoms with van der Waals surface area (Å²) in [5.41, 5.74) is 0.737. The average Bonchev–Trinajstić information content (AvgIpc) is 2.89. The average molecular weight is 233 g/mol. The van der Waals surface area contributed by atoms with E-state index in [-0.39, 0.29) is 5.91 Å². The molecule has 92 valence electrons. The number of carbonyl (C=O) groups is 1. The second kappa shape index (κ2) is 5.71. The van der Waals surface area contributed by atoms with Crippen molar-refractivity contribution >= 4 is 5.91 Å². The van der Waals surface area contributed by atoms with Crippen molar-refractivity contribution in [3.05, 3.63) is 29.8 Å². The molecule has 3 heteroatoms. The van der Waals surface area contributed by atoms with Crippen molar-refractivity contribution in [1.29, 1.82) is 0 Å². The Labute approximate surface area is 102 Å². The highest BCUT2D eigenvalue weighted by Crippen LogP contribution is 2.17. The van der Waals surface area contributed by atoms with Gasteiger partial charge in [0.2, 0.25) is 0 Å². The molecule has 1 aliphatic rings. The van der Waals surface area contributed by atoms with Gasteiger partial charge in [-0.1, -0.05) is 13.0 Å². The van der Waals surface area contributed by atoms with E-state index in [2.05, 4.69) is 6.92 Å². The summed E-state index contributed by atoms with van der Waals surface area (Å²) in [5.74, 6) is 0.918. The first kappa shape index (κ1) is 12.0. The van der Waals surface area contributed by atoms with Crippen molar-refractivity contribution in [1.82, 2.24) is 4.90 Å². The highest BCUT2D eigenvalue weighted by atomic mass is 16.5. The Bertz CT molecular complexity index is 384. The molecule has 0 aromatic heterocycles. The Balaban J connectivity index is 2.06. The molecule has 0 unspecified atom stereocenters. The van der Waals surface area contributed by atoms with Gasteiger partial charge in [0.1, 0.15) is 5.75 Å². The summed E-state index contributed by atoms with van der Waals surface area (Å²) < 4.78 is 5.54. The molecule has 1 aliphatic heterocycles. The molecule has 0 atom stereocenters. The topological polar surface area (TPSA) is 29.5 Å². The number of amides is 1. The molecule has 0 bridgehead atoms. The molecule has 17 heavy (non-hydrogen) atoms. The number of ether oxygens (including phenoxy) is 1. The minimum atomic E-state index is 0.129. The third kappa shape index (κ3) is 2.99. The van der Waals surface area contributed by atoms with Crippen LogP contribution in [0.4, 0.5) is 0 Å². The summed E-state index contributed by atoms with van der Waals surface area (Å²) in [6.45, 7) is 4.54. The maximum absolute atomic E-state index is 12.1. The minimum absolute atomic E-state index is 0.129. The molecule has 0 spiro atoms. The highest BCUT2D eigenvalue weighted by Gasteiger charge is 2.19. The van der Waals surface area contributed by atoms with Gasteiger partial charge in [-0.25, -0.2) is 0 Å². The van der Waals surface area contributed by atoms with Crippen LogP contribution in [0, 0.1) is 0 Å². The molecule has 1 amide bonds. The zero-order valence-electron chi connectivity index (χ0n) is 10.3. The largest absolute Gasteiger partial charge is 0.494 e. The van der Waals surface area contributed by atoms with E-state index in [1.54, 1.807) is 0 Å². The second-order valence-electron chi connectivity index (χ2n) is 4.38. The van der Waals surface area contributed by atoms with Gasteiger partial charge in [-0.3, -0.25) is 4.79 Å². The maximum atomic E-state index is 12.1. The van der Waals surface area contributed by atoms with Crippen LogP contribution >= 0.6 is 0 Å². The SMILES string of the molecule is CCCOc1cccc(C(=O)N2CCCC2)c1. The number of nitrogens with zero attached hydrogens (tertiary/aromatic N) is 1. The van der Waals surface area contributed by atoms with E-state index in [4.69, 9.17) is 4.74 Å². The van der Waals surface area contributed by atoms with Crippen molar-refractivity contribution < 1.29 is 9.53 Å². The van der Waals surface area contributed by atoms with E-state index in [0.717, 1.165) is 43.7 Å². The van der Waals surface area contributed by atoms with Crippen LogP contribution in [0.1, 0.15) is 36.5 Å². The zero-order chi connectivity index (χ0) is 12.1. The second-order valence-corrected chi connectivity index (χ2v) is 4.38. The standard InChI is InChI=1S/C14H19NO2/c1-2-10-17-13-7-5-6-12(11-13)14(16)15-8-3-4-9-15/h5-7,11H,2-4,8-10H2,1H3. The van der Waals surface area contributed by atoms with Crippen LogP contribution < -0.4 is 4.74 Å². The molecule has 1 heterocycles. The van der Waals surface area contributed by atoms with Gasteiger partial charge in [-0.2, -0.15) is 0 Å². The van der Waals surface area contributed by atoms with Gasteiger partial charge in [-0.05, 0) is 37.5 Å². The van der Waals surface area contributed by atoms with Gasteiger partial charge in [0, 0.05) is 18.7 Å². The minimum Gasteiger partial charge on any atom is -0.494 e. The Morgan fingerprint density at radius 2 is 2.12 bits per heavy atom. The zero-order valence-corrected chi connectivity index (χ0v) is 10.3. The highest BCUT2D eigenvalue weighted by molar-refractivity contribution is 5.94. The number of rotatable bonds is 4. The third-order valence-corrected chi connectivity index (χ3v) is 2.95. The molecule has 1 fully saturated rings. The van der Waals surface area contributed by atoms with Gasteiger partial charge >= 0.3 is 0 Å². The van der Waals surface area contributed by atoms with Crippen LogP contribution in [-0.2, 0) is 0 Å². The summed E-state index contributed by atoms with van der Waals surface area (Å²) >= 11 is 0. The molecule has 1 aromatic carbocycles. The predicted molar refractivity (Wildman–Crippen MR) is 67.4 cm³/mol. The van der Waals surface area contributed by atoms with E-state index in [1.165, 1.54) is 0 Å². The number of likely N-dealkylation sites (tertiary alicyclic amines) is 1. The lowest BCUT2D eigenvalue weighted by Crippen LogP contribution is -2.27. The van der Waals surface area contributed by atoms with Crippen molar-refractivity contribution in [3.63, 3.8) is 0 Å². The predicted octanol–water partition coefficient (Wildman–Crippen LogP) is 2.71. The number of carbonyl (C=O) groups excluding carboxylic acids is 1. The third-order valence-electron chi connectivity index (χ3n) is 2.95. The van der Waals surface area contributed by atoms with Gasteiger partial charge < -0.3 is 9.64 Å². The molecule has 3 nitrogen and oxygen atoms in total. The van der Waals surface area contributed by atoms with Gasteiger partial charge in [0.05, 0.1) is 6.61 Å². The van der Waals surface area contributed by atoms with E-state index < -0.39 is 0 Å². The Hall–Kier alpha value is -1.51. The van der Waals surface area contributed by atoms with E-state index >= 15 is 0 Å². The first-order valence-corrected chi connectivity index (χ1v) is 6.33. The summed E-state index contributed by atoms with van der Waals surface area (Å²) in [6.07, 6.45) is 3.22. The summed E-state index contributed by atoms with van der Waals surface area (Å²) in [6, 6.07) is 7.49. The Kier molecular flexibility index (Phi) is 4.02. The Morgan fingerprint density at radius 3 is 2.82 bits per heavy atom. The molecule has 1 saturated heterocycles. The molecule has 0 N–H and O–H groups in total. The fourth-order valence-corrected chi connectivity index (χ4v) is 2.04. The molecule has 1 aromatic rings. The van der Waals surface area contributed by atoms with E-state index in [0.29, 0.717) is 6.61 Å². The lowest BCUT2D eigenvalue weighted by Gasteiger charge is -2.15. The normalized spacial score (nSPS) is 15.0. The number of hydrogen-bond acceptors (Lipinski definition) is 2. The fraction of sp³-hybridized carbons (Fsp3) is 0.500. The first-order valence-electron chi connectivity index (χ1n) is 6.33. The Morgan fingerprint density at radius 1 is 1.35 bits per heavy atom. The number of hydrogen-bond donors (Lipinski definition) is 0. The van der Waals surface area contributed by atoms with E-state index in [9.17, 15) is 4.79 Å². The summed E-state index contributed by atoms with van der Waals surface area (Å²) in [7, 11) is 0. The van der Waals surface area contributed by atoms with Crippen molar-refractivity contribution in [2.45, 2.75) is 26.2 Å². The molecule has 0 aliphatic carbocycles. The summed E-state index contributed by atoms with van der Waals surface area (Å²) in [5, 5.41) is 0.